The highest BCUT2D eigenvalue weighted by Crippen LogP contribution is 2.42. The van der Waals surface area contributed by atoms with E-state index in [0.717, 1.165) is 23.9 Å². The minimum absolute atomic E-state index is 0.0983. The van der Waals surface area contributed by atoms with Gasteiger partial charge in [0.25, 0.3) is 0 Å². The summed E-state index contributed by atoms with van der Waals surface area (Å²) in [6.07, 6.45) is 4.66. The van der Waals surface area contributed by atoms with Crippen molar-refractivity contribution < 1.29 is 9.13 Å². The number of hydrogen-bond acceptors (Lipinski definition) is 2. The van der Waals surface area contributed by atoms with Crippen molar-refractivity contribution in [3.8, 4) is 5.75 Å². The first kappa shape index (κ1) is 11.5. The van der Waals surface area contributed by atoms with Gasteiger partial charge in [0.05, 0.1) is 4.47 Å². The maximum Gasteiger partial charge on any atom is 0.137 e. The fourth-order valence-electron chi connectivity index (χ4n) is 1.86. The molecule has 92 valence electrons. The second-order valence-electron chi connectivity index (χ2n) is 5.01. The standard InChI is InChI=1S/C13H15BrFNO/c14-11-4-1-9(15)7-12(11)17-13(5-6-13)8-16-10-2-3-10/h1,4,7,10,16H,2-3,5-6,8H2. The molecule has 3 rings (SSSR count). The lowest BCUT2D eigenvalue weighted by Crippen LogP contribution is -2.34. The van der Waals surface area contributed by atoms with E-state index in [0.29, 0.717) is 11.8 Å². The average molecular weight is 300 g/mol. The Morgan fingerprint density at radius 1 is 1.41 bits per heavy atom. The Morgan fingerprint density at radius 2 is 2.18 bits per heavy atom. The first-order valence-electron chi connectivity index (χ1n) is 6.04. The lowest BCUT2D eigenvalue weighted by atomic mass is 10.3. The molecule has 2 aliphatic carbocycles. The molecule has 2 fully saturated rings. The van der Waals surface area contributed by atoms with Gasteiger partial charge in [0, 0.05) is 18.7 Å². The zero-order chi connectivity index (χ0) is 11.9. The molecule has 2 saturated carbocycles. The summed E-state index contributed by atoms with van der Waals surface area (Å²) in [4.78, 5) is 0. The fraction of sp³-hybridized carbons (Fsp3) is 0.538. The van der Waals surface area contributed by atoms with E-state index in [1.54, 1.807) is 6.07 Å². The number of benzene rings is 1. The predicted octanol–water partition coefficient (Wildman–Crippen LogP) is 3.25. The minimum atomic E-state index is -0.255. The third-order valence-electron chi connectivity index (χ3n) is 3.32. The Bertz CT molecular complexity index is 429. The quantitative estimate of drug-likeness (QED) is 0.901. The van der Waals surface area contributed by atoms with Crippen molar-refractivity contribution in [1.29, 1.82) is 0 Å². The molecule has 1 N–H and O–H groups in total. The zero-order valence-corrected chi connectivity index (χ0v) is 11.1. The second-order valence-corrected chi connectivity index (χ2v) is 5.87. The van der Waals surface area contributed by atoms with Crippen LogP contribution in [-0.4, -0.2) is 18.2 Å². The monoisotopic (exact) mass is 299 g/mol. The van der Waals surface area contributed by atoms with Crippen molar-refractivity contribution in [3.05, 3.63) is 28.5 Å². The van der Waals surface area contributed by atoms with Gasteiger partial charge in [-0.3, -0.25) is 0 Å². The molecule has 1 aromatic rings. The summed E-state index contributed by atoms with van der Waals surface area (Å²) in [5.41, 5.74) is -0.0983. The van der Waals surface area contributed by atoms with Crippen LogP contribution in [0.25, 0.3) is 0 Å². The van der Waals surface area contributed by atoms with Crippen LogP contribution in [0.15, 0.2) is 22.7 Å². The van der Waals surface area contributed by atoms with Gasteiger partial charge in [-0.1, -0.05) is 0 Å². The molecule has 0 aliphatic heterocycles. The molecule has 1 aromatic carbocycles. The summed E-state index contributed by atoms with van der Waals surface area (Å²) >= 11 is 3.39. The van der Waals surface area contributed by atoms with Gasteiger partial charge in [0.15, 0.2) is 0 Å². The van der Waals surface area contributed by atoms with E-state index < -0.39 is 0 Å². The molecule has 2 nitrogen and oxygen atoms in total. The number of halogens is 2. The summed E-state index contributed by atoms with van der Waals surface area (Å²) in [6.45, 7) is 0.876. The fourth-order valence-corrected chi connectivity index (χ4v) is 2.19. The molecule has 0 saturated heterocycles. The number of rotatable bonds is 5. The van der Waals surface area contributed by atoms with E-state index in [4.69, 9.17) is 4.74 Å². The zero-order valence-electron chi connectivity index (χ0n) is 9.51. The van der Waals surface area contributed by atoms with Crippen LogP contribution in [0.5, 0.6) is 5.75 Å². The molecule has 0 heterocycles. The van der Waals surface area contributed by atoms with Crippen LogP contribution in [0.4, 0.5) is 4.39 Å². The highest BCUT2D eigenvalue weighted by atomic mass is 79.9. The summed E-state index contributed by atoms with van der Waals surface area (Å²) in [5.74, 6) is 0.356. The second kappa shape index (κ2) is 4.25. The van der Waals surface area contributed by atoms with Crippen LogP contribution in [0.3, 0.4) is 0 Å². The van der Waals surface area contributed by atoms with E-state index in [-0.39, 0.29) is 11.4 Å². The van der Waals surface area contributed by atoms with Crippen LogP contribution in [0.2, 0.25) is 0 Å². The maximum atomic E-state index is 13.2. The Labute approximate surface area is 109 Å². The molecule has 0 spiro atoms. The van der Waals surface area contributed by atoms with Gasteiger partial charge in [-0.25, -0.2) is 4.39 Å². The highest BCUT2D eigenvalue weighted by Gasteiger charge is 2.46. The third kappa shape index (κ3) is 2.80. The lowest BCUT2D eigenvalue weighted by Gasteiger charge is -2.19. The van der Waals surface area contributed by atoms with Crippen LogP contribution >= 0.6 is 15.9 Å². The first-order valence-corrected chi connectivity index (χ1v) is 6.84. The van der Waals surface area contributed by atoms with E-state index in [1.165, 1.54) is 25.0 Å². The van der Waals surface area contributed by atoms with E-state index in [1.807, 2.05) is 0 Å². The van der Waals surface area contributed by atoms with Crippen molar-refractivity contribution in [2.24, 2.45) is 0 Å². The molecule has 17 heavy (non-hydrogen) atoms. The van der Waals surface area contributed by atoms with Crippen LogP contribution in [0.1, 0.15) is 25.7 Å². The van der Waals surface area contributed by atoms with E-state index in [9.17, 15) is 4.39 Å². The number of nitrogens with one attached hydrogen (secondary N) is 1. The van der Waals surface area contributed by atoms with Crippen molar-refractivity contribution in [3.63, 3.8) is 0 Å². The molecule has 4 heteroatoms. The predicted molar refractivity (Wildman–Crippen MR) is 67.7 cm³/mol. The Kier molecular flexibility index (Phi) is 2.87. The SMILES string of the molecule is Fc1ccc(Br)c(OC2(CNC3CC3)CC2)c1. The Morgan fingerprint density at radius 3 is 2.82 bits per heavy atom. The molecular formula is C13H15BrFNO. The molecule has 0 amide bonds. The van der Waals surface area contributed by atoms with E-state index in [2.05, 4.69) is 21.2 Å². The van der Waals surface area contributed by atoms with Gasteiger partial charge >= 0.3 is 0 Å². The molecule has 2 aliphatic rings. The van der Waals surface area contributed by atoms with Gasteiger partial charge in [-0.05, 0) is 53.7 Å². The Hall–Kier alpha value is -0.610. The van der Waals surface area contributed by atoms with Gasteiger partial charge < -0.3 is 10.1 Å². The maximum absolute atomic E-state index is 13.2. The van der Waals surface area contributed by atoms with E-state index >= 15 is 0 Å². The lowest BCUT2D eigenvalue weighted by molar-refractivity contribution is 0.173. The van der Waals surface area contributed by atoms with Crippen LogP contribution < -0.4 is 10.1 Å². The summed E-state index contributed by atoms with van der Waals surface area (Å²) in [7, 11) is 0. The molecule has 0 atom stereocenters. The highest BCUT2D eigenvalue weighted by molar-refractivity contribution is 9.10. The molecule has 0 unspecified atom stereocenters. The first-order chi connectivity index (χ1) is 8.17. The van der Waals surface area contributed by atoms with Gasteiger partial charge in [0.1, 0.15) is 17.2 Å². The average Bonchev–Trinajstić information content (AvgIpc) is 3.16. The minimum Gasteiger partial charge on any atom is -0.485 e. The van der Waals surface area contributed by atoms with Crippen molar-refractivity contribution in [2.45, 2.75) is 37.3 Å². The molecule has 0 aromatic heterocycles. The van der Waals surface area contributed by atoms with Gasteiger partial charge in [-0.15, -0.1) is 0 Å². The Balaban J connectivity index is 1.66. The van der Waals surface area contributed by atoms with Gasteiger partial charge in [0.2, 0.25) is 0 Å². The van der Waals surface area contributed by atoms with Crippen LogP contribution in [-0.2, 0) is 0 Å². The van der Waals surface area contributed by atoms with Crippen molar-refractivity contribution in [2.75, 3.05) is 6.54 Å². The summed E-state index contributed by atoms with van der Waals surface area (Å²) in [5, 5.41) is 3.48. The third-order valence-corrected chi connectivity index (χ3v) is 3.97. The number of hydrogen-bond donors (Lipinski definition) is 1. The summed E-state index contributed by atoms with van der Waals surface area (Å²) in [6, 6.07) is 5.25. The van der Waals surface area contributed by atoms with Crippen LogP contribution in [0, 0.1) is 5.82 Å². The molecular weight excluding hydrogens is 285 g/mol. The molecule has 0 bridgehead atoms. The smallest absolute Gasteiger partial charge is 0.137 e. The van der Waals surface area contributed by atoms with Crippen molar-refractivity contribution in [1.82, 2.24) is 5.32 Å². The molecule has 0 radical (unpaired) electrons. The summed E-state index contributed by atoms with van der Waals surface area (Å²) < 4.78 is 19.9. The topological polar surface area (TPSA) is 21.3 Å². The normalized spacial score (nSPS) is 21.3. The number of ether oxygens (including phenoxy) is 1. The largest absolute Gasteiger partial charge is 0.485 e. The van der Waals surface area contributed by atoms with Crippen molar-refractivity contribution >= 4 is 15.9 Å². The van der Waals surface area contributed by atoms with Gasteiger partial charge in [-0.2, -0.15) is 0 Å².